The zero-order chi connectivity index (χ0) is 17.4. The minimum absolute atomic E-state index is 0.0276. The molecule has 2 N–H and O–H groups in total. The van der Waals surface area contributed by atoms with Crippen molar-refractivity contribution in [3.05, 3.63) is 29.6 Å². The van der Waals surface area contributed by atoms with Crippen molar-refractivity contribution in [2.24, 2.45) is 0 Å². The van der Waals surface area contributed by atoms with E-state index < -0.39 is 6.04 Å². The molecule has 0 radical (unpaired) electrons. The first-order chi connectivity index (χ1) is 12.1. The highest BCUT2D eigenvalue weighted by atomic mass is 16.2. The number of aromatic nitrogens is 2. The van der Waals surface area contributed by atoms with E-state index in [4.69, 9.17) is 0 Å². The summed E-state index contributed by atoms with van der Waals surface area (Å²) in [4.78, 5) is 28.6. The lowest BCUT2D eigenvalue weighted by Crippen LogP contribution is -2.45. The van der Waals surface area contributed by atoms with Gasteiger partial charge in [0.15, 0.2) is 0 Å². The summed E-state index contributed by atoms with van der Waals surface area (Å²) in [6.45, 7) is 2.50. The maximum Gasteiger partial charge on any atom is 0.242 e. The predicted molar refractivity (Wildman–Crippen MR) is 95.0 cm³/mol. The Morgan fingerprint density at radius 2 is 2.16 bits per heavy atom. The Labute approximate surface area is 147 Å². The summed E-state index contributed by atoms with van der Waals surface area (Å²) >= 11 is 0. The average molecular weight is 340 g/mol. The first-order valence-corrected chi connectivity index (χ1v) is 9.16. The molecule has 0 unspecified atom stereocenters. The van der Waals surface area contributed by atoms with Crippen molar-refractivity contribution < 1.29 is 9.59 Å². The predicted octanol–water partition coefficient (Wildman–Crippen LogP) is 2.35. The average Bonchev–Trinajstić information content (AvgIpc) is 3.39. The van der Waals surface area contributed by atoms with Crippen molar-refractivity contribution in [2.75, 3.05) is 0 Å². The minimum atomic E-state index is -0.407. The Hall–Kier alpha value is -2.37. The summed E-state index contributed by atoms with van der Waals surface area (Å²) in [5.74, 6) is 0.926. The van der Waals surface area contributed by atoms with Gasteiger partial charge in [-0.2, -0.15) is 0 Å². The fourth-order valence-corrected chi connectivity index (χ4v) is 3.65. The molecular weight excluding hydrogens is 316 g/mol. The lowest BCUT2D eigenvalue weighted by atomic mass is 10.1. The number of benzene rings is 1. The van der Waals surface area contributed by atoms with E-state index in [0.29, 0.717) is 25.4 Å². The van der Waals surface area contributed by atoms with E-state index in [1.54, 1.807) is 0 Å². The number of nitrogens with one attached hydrogen (secondary N) is 2. The second kappa shape index (κ2) is 6.50. The quantitative estimate of drug-likeness (QED) is 0.897. The maximum atomic E-state index is 12.3. The number of rotatable bonds is 4. The van der Waals surface area contributed by atoms with Gasteiger partial charge in [0.1, 0.15) is 11.9 Å². The Bertz CT molecular complexity index is 822. The highest BCUT2D eigenvalue weighted by Crippen LogP contribution is 2.38. The number of amides is 2. The van der Waals surface area contributed by atoms with Crippen molar-refractivity contribution in [3.63, 3.8) is 0 Å². The van der Waals surface area contributed by atoms with E-state index in [-0.39, 0.29) is 11.8 Å². The molecule has 6 nitrogen and oxygen atoms in total. The molecule has 1 aliphatic carbocycles. The molecule has 1 atom stereocenters. The molecule has 1 saturated carbocycles. The number of nitrogens with zero attached hydrogens (tertiary/aromatic N) is 2. The van der Waals surface area contributed by atoms with E-state index in [2.05, 4.69) is 33.2 Å². The number of aryl methyl sites for hydroxylation is 1. The van der Waals surface area contributed by atoms with Crippen molar-refractivity contribution in [2.45, 2.75) is 64.1 Å². The van der Waals surface area contributed by atoms with E-state index in [1.165, 1.54) is 18.4 Å². The summed E-state index contributed by atoms with van der Waals surface area (Å²) in [6, 6.07) is 6.40. The van der Waals surface area contributed by atoms with Gasteiger partial charge in [0.25, 0.3) is 0 Å². The second-order valence-electron chi connectivity index (χ2n) is 7.17. The maximum absolute atomic E-state index is 12.3. The molecule has 25 heavy (non-hydrogen) atoms. The smallest absolute Gasteiger partial charge is 0.242 e. The standard InChI is InChI=1S/C19H24N4O2/c1-12-21-16-10-13(6-9-17(16)23(12)14-7-8-14)11-20-19(25)15-4-2-3-5-18(24)22-15/h6,9-10,14-15H,2-5,7-8,11H2,1H3,(H,20,25)(H,22,24)/t15-/m0/s1. The van der Waals surface area contributed by atoms with Crippen LogP contribution in [0.4, 0.5) is 0 Å². The van der Waals surface area contributed by atoms with Crippen LogP contribution in [0.5, 0.6) is 0 Å². The van der Waals surface area contributed by atoms with Gasteiger partial charge in [0, 0.05) is 19.0 Å². The molecule has 2 aromatic rings. The molecule has 2 amide bonds. The molecule has 1 aliphatic heterocycles. The van der Waals surface area contributed by atoms with Crippen LogP contribution in [0, 0.1) is 6.92 Å². The summed E-state index contributed by atoms with van der Waals surface area (Å²) in [7, 11) is 0. The van der Waals surface area contributed by atoms with Gasteiger partial charge in [-0.1, -0.05) is 12.5 Å². The molecule has 6 heteroatoms. The Morgan fingerprint density at radius 1 is 1.32 bits per heavy atom. The summed E-state index contributed by atoms with van der Waals surface area (Å²) in [6.07, 6.45) is 5.45. The molecule has 1 aromatic heterocycles. The number of carbonyl (C=O) groups is 2. The van der Waals surface area contributed by atoms with E-state index in [9.17, 15) is 9.59 Å². The number of hydrogen-bond donors (Lipinski definition) is 2. The van der Waals surface area contributed by atoms with Crippen LogP contribution in [-0.2, 0) is 16.1 Å². The zero-order valence-corrected chi connectivity index (χ0v) is 14.5. The monoisotopic (exact) mass is 340 g/mol. The Balaban J connectivity index is 1.44. The van der Waals surface area contributed by atoms with Gasteiger partial charge < -0.3 is 15.2 Å². The van der Waals surface area contributed by atoms with Crippen LogP contribution in [0.1, 0.15) is 56.0 Å². The summed E-state index contributed by atoms with van der Waals surface area (Å²) < 4.78 is 2.32. The van der Waals surface area contributed by atoms with Crippen molar-refractivity contribution >= 4 is 22.8 Å². The topological polar surface area (TPSA) is 76.0 Å². The first kappa shape index (κ1) is 16.1. The van der Waals surface area contributed by atoms with Crippen molar-refractivity contribution in [1.29, 1.82) is 0 Å². The van der Waals surface area contributed by atoms with Gasteiger partial charge in [-0.3, -0.25) is 9.59 Å². The van der Waals surface area contributed by atoms with Crippen LogP contribution in [0.2, 0.25) is 0 Å². The molecule has 4 rings (SSSR count). The van der Waals surface area contributed by atoms with Crippen LogP contribution in [0.25, 0.3) is 11.0 Å². The fraction of sp³-hybridized carbons (Fsp3) is 0.526. The molecule has 1 saturated heterocycles. The Morgan fingerprint density at radius 3 is 2.96 bits per heavy atom. The second-order valence-corrected chi connectivity index (χ2v) is 7.17. The van der Waals surface area contributed by atoms with Gasteiger partial charge in [-0.05, 0) is 50.3 Å². The van der Waals surface area contributed by atoms with Crippen LogP contribution < -0.4 is 10.6 Å². The number of imidazole rings is 1. The molecule has 1 aromatic carbocycles. The van der Waals surface area contributed by atoms with Crippen LogP contribution in [0.15, 0.2) is 18.2 Å². The van der Waals surface area contributed by atoms with Gasteiger partial charge in [-0.15, -0.1) is 0 Å². The molecule has 0 spiro atoms. The molecule has 2 heterocycles. The third kappa shape index (κ3) is 3.38. The molecule has 2 aliphatic rings. The van der Waals surface area contributed by atoms with Crippen LogP contribution in [-0.4, -0.2) is 27.4 Å². The lowest BCUT2D eigenvalue weighted by Gasteiger charge is -2.15. The van der Waals surface area contributed by atoms with Crippen LogP contribution >= 0.6 is 0 Å². The van der Waals surface area contributed by atoms with Crippen LogP contribution in [0.3, 0.4) is 0 Å². The van der Waals surface area contributed by atoms with Gasteiger partial charge in [-0.25, -0.2) is 4.98 Å². The summed E-state index contributed by atoms with van der Waals surface area (Å²) in [5.41, 5.74) is 3.19. The molecule has 132 valence electrons. The molecular formula is C19H24N4O2. The largest absolute Gasteiger partial charge is 0.350 e. The van der Waals surface area contributed by atoms with Crippen molar-refractivity contribution in [3.8, 4) is 0 Å². The van der Waals surface area contributed by atoms with E-state index >= 15 is 0 Å². The van der Waals surface area contributed by atoms with Crippen molar-refractivity contribution in [1.82, 2.24) is 20.2 Å². The fourth-order valence-electron chi connectivity index (χ4n) is 3.65. The molecule has 2 fully saturated rings. The summed E-state index contributed by atoms with van der Waals surface area (Å²) in [5, 5.41) is 5.76. The SMILES string of the molecule is Cc1nc2cc(CNC(=O)[C@@H]3CCCCC(=O)N3)ccc2n1C1CC1. The number of carbonyl (C=O) groups excluding carboxylic acids is 2. The van der Waals surface area contributed by atoms with Gasteiger partial charge in [0.2, 0.25) is 11.8 Å². The molecule has 0 bridgehead atoms. The normalized spacial score (nSPS) is 21.0. The Kier molecular flexibility index (Phi) is 4.19. The highest BCUT2D eigenvalue weighted by Gasteiger charge is 2.27. The first-order valence-electron chi connectivity index (χ1n) is 9.16. The number of hydrogen-bond acceptors (Lipinski definition) is 3. The minimum Gasteiger partial charge on any atom is -0.350 e. The zero-order valence-electron chi connectivity index (χ0n) is 14.5. The van der Waals surface area contributed by atoms with Gasteiger partial charge in [0.05, 0.1) is 11.0 Å². The number of fused-ring (bicyclic) bond motifs is 1. The lowest BCUT2D eigenvalue weighted by molar-refractivity contribution is -0.128. The van der Waals surface area contributed by atoms with Gasteiger partial charge >= 0.3 is 0 Å². The van der Waals surface area contributed by atoms with E-state index in [0.717, 1.165) is 29.7 Å². The highest BCUT2D eigenvalue weighted by molar-refractivity contribution is 5.88. The third-order valence-corrected chi connectivity index (χ3v) is 5.11. The van der Waals surface area contributed by atoms with E-state index in [1.807, 2.05) is 12.1 Å². The third-order valence-electron chi connectivity index (χ3n) is 5.11.